The first-order chi connectivity index (χ1) is 11.7. The van der Waals surface area contributed by atoms with Gasteiger partial charge in [0.05, 0.1) is 18.2 Å². The number of aromatic nitrogens is 4. The number of hydrogen-bond donors (Lipinski definition) is 2. The van der Waals surface area contributed by atoms with E-state index in [2.05, 4.69) is 20.5 Å². The van der Waals surface area contributed by atoms with E-state index in [0.717, 1.165) is 25.0 Å². The zero-order valence-corrected chi connectivity index (χ0v) is 13.4. The summed E-state index contributed by atoms with van der Waals surface area (Å²) in [4.78, 5) is 4.39. The lowest BCUT2D eigenvalue weighted by Crippen LogP contribution is -2.30. The molecule has 3 heterocycles. The molecule has 2 N–H and O–H groups in total. The SMILES string of the molecule is Cc1ccc(-c2nnc(NC3CCCOC3)c3nccn23)c(O)c1. The van der Waals surface area contributed by atoms with Crippen molar-refractivity contribution in [2.24, 2.45) is 0 Å². The van der Waals surface area contributed by atoms with Gasteiger partial charge in [0.25, 0.3) is 0 Å². The molecule has 1 saturated heterocycles. The van der Waals surface area contributed by atoms with Gasteiger partial charge in [0.15, 0.2) is 17.3 Å². The van der Waals surface area contributed by atoms with Gasteiger partial charge < -0.3 is 15.2 Å². The van der Waals surface area contributed by atoms with E-state index in [1.54, 1.807) is 12.3 Å². The van der Waals surface area contributed by atoms with Crippen molar-refractivity contribution in [3.63, 3.8) is 0 Å². The molecule has 1 aliphatic heterocycles. The van der Waals surface area contributed by atoms with Crippen LogP contribution in [0, 0.1) is 6.92 Å². The van der Waals surface area contributed by atoms with E-state index in [-0.39, 0.29) is 11.8 Å². The summed E-state index contributed by atoms with van der Waals surface area (Å²) in [7, 11) is 0. The number of aromatic hydroxyl groups is 1. The van der Waals surface area contributed by atoms with Crippen molar-refractivity contribution >= 4 is 11.5 Å². The fraction of sp³-hybridized carbons (Fsp3) is 0.353. The maximum atomic E-state index is 10.2. The molecule has 2 aromatic heterocycles. The predicted molar refractivity (Wildman–Crippen MR) is 90.1 cm³/mol. The van der Waals surface area contributed by atoms with Crippen molar-refractivity contribution < 1.29 is 9.84 Å². The smallest absolute Gasteiger partial charge is 0.192 e. The molecule has 1 fully saturated rings. The van der Waals surface area contributed by atoms with E-state index >= 15 is 0 Å². The number of fused-ring (bicyclic) bond motifs is 1. The number of imidazole rings is 1. The average Bonchev–Trinajstić information content (AvgIpc) is 3.07. The molecule has 1 atom stereocenters. The second-order valence-corrected chi connectivity index (χ2v) is 6.07. The van der Waals surface area contributed by atoms with Crippen LogP contribution >= 0.6 is 0 Å². The van der Waals surface area contributed by atoms with Crippen molar-refractivity contribution in [1.29, 1.82) is 0 Å². The molecule has 4 rings (SSSR count). The Labute approximate surface area is 139 Å². The van der Waals surface area contributed by atoms with E-state index < -0.39 is 0 Å². The van der Waals surface area contributed by atoms with E-state index in [1.807, 2.05) is 29.7 Å². The van der Waals surface area contributed by atoms with E-state index in [0.29, 0.717) is 29.5 Å². The molecule has 0 bridgehead atoms. The van der Waals surface area contributed by atoms with Gasteiger partial charge in [0, 0.05) is 19.0 Å². The monoisotopic (exact) mass is 325 g/mol. The van der Waals surface area contributed by atoms with Crippen LogP contribution in [0.15, 0.2) is 30.6 Å². The summed E-state index contributed by atoms with van der Waals surface area (Å²) in [5.41, 5.74) is 2.30. The van der Waals surface area contributed by atoms with Gasteiger partial charge in [0.1, 0.15) is 5.75 Å². The molecule has 7 heteroatoms. The lowest BCUT2D eigenvalue weighted by atomic mass is 10.1. The lowest BCUT2D eigenvalue weighted by molar-refractivity contribution is 0.0875. The Balaban J connectivity index is 1.74. The Bertz CT molecular complexity index is 871. The van der Waals surface area contributed by atoms with Gasteiger partial charge in [-0.2, -0.15) is 0 Å². The molecule has 0 spiro atoms. The number of phenols is 1. The first-order valence-corrected chi connectivity index (χ1v) is 8.06. The molecule has 124 valence electrons. The fourth-order valence-corrected chi connectivity index (χ4v) is 3.00. The zero-order valence-electron chi connectivity index (χ0n) is 13.4. The van der Waals surface area contributed by atoms with Gasteiger partial charge in [-0.05, 0) is 37.5 Å². The third-order valence-electron chi connectivity index (χ3n) is 4.22. The van der Waals surface area contributed by atoms with Crippen LogP contribution in [-0.2, 0) is 4.74 Å². The number of aryl methyl sites for hydroxylation is 1. The number of anilines is 1. The van der Waals surface area contributed by atoms with Crippen LogP contribution in [0.5, 0.6) is 5.75 Å². The van der Waals surface area contributed by atoms with Crippen molar-refractivity contribution in [3.05, 3.63) is 36.2 Å². The molecule has 0 radical (unpaired) electrons. The van der Waals surface area contributed by atoms with E-state index in [4.69, 9.17) is 4.74 Å². The van der Waals surface area contributed by atoms with Gasteiger partial charge in [-0.25, -0.2) is 4.98 Å². The molecule has 0 amide bonds. The molecule has 0 aliphatic carbocycles. The van der Waals surface area contributed by atoms with Gasteiger partial charge in [-0.1, -0.05) is 6.07 Å². The van der Waals surface area contributed by atoms with E-state index in [9.17, 15) is 5.11 Å². The Hall–Kier alpha value is -2.67. The Morgan fingerprint density at radius 1 is 1.33 bits per heavy atom. The normalized spacial score (nSPS) is 18.0. The highest BCUT2D eigenvalue weighted by Gasteiger charge is 2.19. The summed E-state index contributed by atoms with van der Waals surface area (Å²) >= 11 is 0. The van der Waals surface area contributed by atoms with Crippen LogP contribution in [0.2, 0.25) is 0 Å². The lowest BCUT2D eigenvalue weighted by Gasteiger charge is -2.23. The molecule has 7 nitrogen and oxygen atoms in total. The van der Waals surface area contributed by atoms with Gasteiger partial charge >= 0.3 is 0 Å². The Morgan fingerprint density at radius 2 is 2.25 bits per heavy atom. The highest BCUT2D eigenvalue weighted by Crippen LogP contribution is 2.29. The maximum Gasteiger partial charge on any atom is 0.192 e. The first kappa shape index (κ1) is 14.9. The highest BCUT2D eigenvalue weighted by atomic mass is 16.5. The third kappa shape index (κ3) is 2.67. The first-order valence-electron chi connectivity index (χ1n) is 8.06. The van der Waals surface area contributed by atoms with Crippen LogP contribution < -0.4 is 5.32 Å². The van der Waals surface area contributed by atoms with Crippen LogP contribution in [-0.4, -0.2) is 43.9 Å². The second-order valence-electron chi connectivity index (χ2n) is 6.07. The molecule has 24 heavy (non-hydrogen) atoms. The van der Waals surface area contributed by atoms with Crippen LogP contribution in [0.4, 0.5) is 5.82 Å². The summed E-state index contributed by atoms with van der Waals surface area (Å²) in [6, 6.07) is 5.71. The molecule has 1 unspecified atom stereocenters. The summed E-state index contributed by atoms with van der Waals surface area (Å²) in [5.74, 6) is 1.37. The molecule has 1 aliphatic rings. The number of rotatable bonds is 3. The maximum absolute atomic E-state index is 10.2. The fourth-order valence-electron chi connectivity index (χ4n) is 3.00. The van der Waals surface area contributed by atoms with Crippen molar-refractivity contribution in [3.8, 4) is 17.1 Å². The standard InChI is InChI=1S/C17H19N5O2/c1-11-4-5-13(14(23)9-11)16-21-20-15(17-18-6-7-22(16)17)19-12-3-2-8-24-10-12/h4-7,9,12,23H,2-3,8,10H2,1H3,(H,19,20). The minimum atomic E-state index is 0.181. The van der Waals surface area contributed by atoms with E-state index in [1.165, 1.54) is 0 Å². The molecule has 0 saturated carbocycles. The number of phenolic OH excluding ortho intramolecular Hbond substituents is 1. The average molecular weight is 325 g/mol. The summed E-state index contributed by atoms with van der Waals surface area (Å²) in [6.07, 6.45) is 5.59. The second kappa shape index (κ2) is 6.09. The minimum Gasteiger partial charge on any atom is -0.507 e. The van der Waals surface area contributed by atoms with Crippen LogP contribution in [0.3, 0.4) is 0 Å². The largest absolute Gasteiger partial charge is 0.507 e. The Morgan fingerprint density at radius 3 is 3.04 bits per heavy atom. The van der Waals surface area contributed by atoms with Gasteiger partial charge in [0.2, 0.25) is 0 Å². The summed E-state index contributed by atoms with van der Waals surface area (Å²) < 4.78 is 7.33. The summed E-state index contributed by atoms with van der Waals surface area (Å²) in [5, 5.41) is 22.2. The third-order valence-corrected chi connectivity index (χ3v) is 4.22. The summed E-state index contributed by atoms with van der Waals surface area (Å²) in [6.45, 7) is 3.41. The topological polar surface area (TPSA) is 84.6 Å². The number of benzene rings is 1. The van der Waals surface area contributed by atoms with Crippen molar-refractivity contribution in [1.82, 2.24) is 19.6 Å². The van der Waals surface area contributed by atoms with Gasteiger partial charge in [-0.3, -0.25) is 4.40 Å². The number of nitrogens with zero attached hydrogens (tertiary/aromatic N) is 4. The molecule has 1 aromatic carbocycles. The molecular formula is C17H19N5O2. The zero-order chi connectivity index (χ0) is 16.5. The Kier molecular flexibility index (Phi) is 3.78. The van der Waals surface area contributed by atoms with Gasteiger partial charge in [-0.15, -0.1) is 10.2 Å². The minimum absolute atomic E-state index is 0.181. The van der Waals surface area contributed by atoms with Crippen molar-refractivity contribution in [2.75, 3.05) is 18.5 Å². The number of ether oxygens (including phenoxy) is 1. The number of hydrogen-bond acceptors (Lipinski definition) is 6. The molecule has 3 aromatic rings. The predicted octanol–water partition coefficient (Wildman–Crippen LogP) is 2.40. The number of nitrogens with one attached hydrogen (secondary N) is 1. The molecular weight excluding hydrogens is 306 g/mol. The highest BCUT2D eigenvalue weighted by molar-refractivity contribution is 5.71. The quantitative estimate of drug-likeness (QED) is 0.769. The van der Waals surface area contributed by atoms with Crippen LogP contribution in [0.25, 0.3) is 17.0 Å². The van der Waals surface area contributed by atoms with Crippen molar-refractivity contribution in [2.45, 2.75) is 25.8 Å². The van der Waals surface area contributed by atoms with Crippen LogP contribution in [0.1, 0.15) is 18.4 Å².